The lowest BCUT2D eigenvalue weighted by atomic mass is 10.1. The summed E-state index contributed by atoms with van der Waals surface area (Å²) in [4.78, 5) is 20.5. The van der Waals surface area contributed by atoms with Gasteiger partial charge in [-0.3, -0.25) is 4.79 Å². The minimum Gasteiger partial charge on any atom is -0.497 e. The summed E-state index contributed by atoms with van der Waals surface area (Å²) in [6, 6.07) is 10.5. The number of amides is 1. The average Bonchev–Trinajstić information content (AvgIpc) is 2.89. The van der Waals surface area contributed by atoms with Gasteiger partial charge in [0.05, 0.1) is 13.5 Å². The molecule has 1 aliphatic heterocycles. The maximum atomic E-state index is 13.9. The third kappa shape index (κ3) is 4.26. The standard InChI is InChI=1S/C19H22FN3O2/c1-25-16-7-5-15(6-8-16)14-18(24)22-10-3-11-23(13-12-22)19-17(20)4-2-9-21-19/h2,4-9H,3,10-14H2,1H3. The number of carbonyl (C=O) groups excluding carboxylic acids is 1. The molecule has 2 aromatic rings. The van der Waals surface area contributed by atoms with E-state index in [0.29, 0.717) is 38.4 Å². The average molecular weight is 343 g/mol. The van der Waals surface area contributed by atoms with Crippen molar-refractivity contribution in [3.05, 3.63) is 54.0 Å². The van der Waals surface area contributed by atoms with E-state index in [-0.39, 0.29) is 11.7 Å². The van der Waals surface area contributed by atoms with E-state index in [1.165, 1.54) is 6.07 Å². The van der Waals surface area contributed by atoms with E-state index < -0.39 is 0 Å². The van der Waals surface area contributed by atoms with E-state index in [1.807, 2.05) is 34.1 Å². The number of aromatic nitrogens is 1. The number of rotatable bonds is 4. The molecule has 6 heteroatoms. The molecular weight excluding hydrogens is 321 g/mol. The Morgan fingerprint density at radius 3 is 2.68 bits per heavy atom. The molecule has 5 nitrogen and oxygen atoms in total. The van der Waals surface area contributed by atoms with Crippen molar-refractivity contribution in [2.24, 2.45) is 0 Å². The van der Waals surface area contributed by atoms with Gasteiger partial charge in [0.1, 0.15) is 5.75 Å². The highest BCUT2D eigenvalue weighted by Crippen LogP contribution is 2.18. The number of methoxy groups -OCH3 is 1. The molecule has 1 fully saturated rings. The van der Waals surface area contributed by atoms with E-state index in [4.69, 9.17) is 4.74 Å². The highest BCUT2D eigenvalue weighted by atomic mass is 19.1. The second-order valence-electron chi connectivity index (χ2n) is 6.06. The fraction of sp³-hybridized carbons (Fsp3) is 0.368. The number of ether oxygens (including phenoxy) is 1. The highest BCUT2D eigenvalue weighted by molar-refractivity contribution is 5.79. The summed E-state index contributed by atoms with van der Waals surface area (Å²) in [5, 5.41) is 0. The van der Waals surface area contributed by atoms with Gasteiger partial charge in [0.15, 0.2) is 11.6 Å². The molecule has 0 atom stereocenters. The number of halogens is 1. The van der Waals surface area contributed by atoms with Crippen LogP contribution in [0.2, 0.25) is 0 Å². The number of benzene rings is 1. The topological polar surface area (TPSA) is 45.7 Å². The first-order valence-electron chi connectivity index (χ1n) is 8.43. The van der Waals surface area contributed by atoms with Crippen molar-refractivity contribution in [1.82, 2.24) is 9.88 Å². The Morgan fingerprint density at radius 2 is 1.96 bits per heavy atom. The first kappa shape index (κ1) is 17.2. The summed E-state index contributed by atoms with van der Waals surface area (Å²) in [5.74, 6) is 0.917. The van der Waals surface area contributed by atoms with Gasteiger partial charge in [-0.25, -0.2) is 9.37 Å². The Kier molecular flexibility index (Phi) is 5.48. The van der Waals surface area contributed by atoms with E-state index in [0.717, 1.165) is 17.7 Å². The van der Waals surface area contributed by atoms with Crippen molar-refractivity contribution in [2.75, 3.05) is 38.2 Å². The fourth-order valence-corrected chi connectivity index (χ4v) is 3.02. The Hall–Kier alpha value is -2.63. The molecule has 1 aliphatic rings. The lowest BCUT2D eigenvalue weighted by Crippen LogP contribution is -2.36. The maximum absolute atomic E-state index is 13.9. The molecule has 1 aromatic heterocycles. The Bertz CT molecular complexity index is 721. The van der Waals surface area contributed by atoms with Crippen molar-refractivity contribution in [1.29, 1.82) is 0 Å². The van der Waals surface area contributed by atoms with Crippen molar-refractivity contribution < 1.29 is 13.9 Å². The second-order valence-corrected chi connectivity index (χ2v) is 6.06. The van der Waals surface area contributed by atoms with Crippen LogP contribution in [0, 0.1) is 5.82 Å². The molecule has 0 saturated carbocycles. The van der Waals surface area contributed by atoms with Crippen LogP contribution in [0.1, 0.15) is 12.0 Å². The number of carbonyl (C=O) groups is 1. The molecule has 1 aromatic carbocycles. The van der Waals surface area contributed by atoms with Crippen molar-refractivity contribution in [3.8, 4) is 5.75 Å². The Balaban J connectivity index is 1.60. The zero-order chi connectivity index (χ0) is 17.6. The van der Waals surface area contributed by atoms with Gasteiger partial charge in [-0.15, -0.1) is 0 Å². The fourth-order valence-electron chi connectivity index (χ4n) is 3.02. The Morgan fingerprint density at radius 1 is 1.16 bits per heavy atom. The van der Waals surface area contributed by atoms with Gasteiger partial charge in [0.25, 0.3) is 0 Å². The van der Waals surface area contributed by atoms with Crippen LogP contribution < -0.4 is 9.64 Å². The molecule has 3 rings (SSSR count). The highest BCUT2D eigenvalue weighted by Gasteiger charge is 2.21. The van der Waals surface area contributed by atoms with Crippen molar-refractivity contribution >= 4 is 11.7 Å². The first-order valence-corrected chi connectivity index (χ1v) is 8.43. The lowest BCUT2D eigenvalue weighted by molar-refractivity contribution is -0.130. The quantitative estimate of drug-likeness (QED) is 0.856. The van der Waals surface area contributed by atoms with Crippen LogP contribution in [0.4, 0.5) is 10.2 Å². The van der Waals surface area contributed by atoms with Crippen LogP contribution in [-0.2, 0) is 11.2 Å². The SMILES string of the molecule is COc1ccc(CC(=O)N2CCCN(c3ncccc3F)CC2)cc1. The van der Waals surface area contributed by atoms with Gasteiger partial charge in [-0.1, -0.05) is 12.1 Å². The summed E-state index contributed by atoms with van der Waals surface area (Å²) in [7, 11) is 1.62. The van der Waals surface area contributed by atoms with Gasteiger partial charge >= 0.3 is 0 Å². The van der Waals surface area contributed by atoms with Gasteiger partial charge in [0, 0.05) is 32.4 Å². The zero-order valence-electron chi connectivity index (χ0n) is 14.3. The minimum atomic E-state index is -0.319. The molecular formula is C19H22FN3O2. The normalized spacial score (nSPS) is 15.0. The number of pyridine rings is 1. The molecule has 1 saturated heterocycles. The van der Waals surface area contributed by atoms with Crippen LogP contribution in [0.3, 0.4) is 0 Å². The molecule has 0 aliphatic carbocycles. The second kappa shape index (κ2) is 7.96. The zero-order valence-corrected chi connectivity index (χ0v) is 14.3. The van der Waals surface area contributed by atoms with Gasteiger partial charge in [-0.05, 0) is 36.2 Å². The predicted octanol–water partition coefficient (Wildman–Crippen LogP) is 2.51. The van der Waals surface area contributed by atoms with Crippen LogP contribution >= 0.6 is 0 Å². The molecule has 1 amide bonds. The first-order chi connectivity index (χ1) is 12.2. The van der Waals surface area contributed by atoms with E-state index in [2.05, 4.69) is 4.98 Å². The number of hydrogen-bond acceptors (Lipinski definition) is 4. The minimum absolute atomic E-state index is 0.0912. The van der Waals surface area contributed by atoms with Crippen molar-refractivity contribution in [3.63, 3.8) is 0 Å². The predicted molar refractivity (Wildman–Crippen MR) is 94.3 cm³/mol. The molecule has 0 bridgehead atoms. The van der Waals surface area contributed by atoms with Crippen LogP contribution in [-0.4, -0.2) is 49.1 Å². The number of anilines is 1. The third-order valence-electron chi connectivity index (χ3n) is 4.40. The van der Waals surface area contributed by atoms with E-state index in [9.17, 15) is 9.18 Å². The molecule has 25 heavy (non-hydrogen) atoms. The molecule has 0 unspecified atom stereocenters. The molecule has 2 heterocycles. The van der Waals surface area contributed by atoms with Crippen molar-refractivity contribution in [2.45, 2.75) is 12.8 Å². The molecule has 0 spiro atoms. The van der Waals surface area contributed by atoms with E-state index in [1.54, 1.807) is 19.4 Å². The lowest BCUT2D eigenvalue weighted by Gasteiger charge is -2.23. The summed E-state index contributed by atoms with van der Waals surface area (Å²) in [5.41, 5.74) is 0.961. The maximum Gasteiger partial charge on any atom is 0.227 e. The molecule has 0 N–H and O–H groups in total. The third-order valence-corrected chi connectivity index (χ3v) is 4.40. The summed E-state index contributed by atoms with van der Waals surface area (Å²) >= 11 is 0. The number of hydrogen-bond donors (Lipinski definition) is 0. The largest absolute Gasteiger partial charge is 0.497 e. The smallest absolute Gasteiger partial charge is 0.227 e. The summed E-state index contributed by atoms with van der Waals surface area (Å²) in [6.45, 7) is 2.54. The van der Waals surface area contributed by atoms with Gasteiger partial charge < -0.3 is 14.5 Å². The molecule has 0 radical (unpaired) electrons. The van der Waals surface area contributed by atoms with E-state index >= 15 is 0 Å². The summed E-state index contributed by atoms with van der Waals surface area (Å²) < 4.78 is 19.0. The molecule has 132 valence electrons. The van der Waals surface area contributed by atoms with Crippen LogP contribution in [0.25, 0.3) is 0 Å². The van der Waals surface area contributed by atoms with Gasteiger partial charge in [0.2, 0.25) is 5.91 Å². The van der Waals surface area contributed by atoms with Gasteiger partial charge in [-0.2, -0.15) is 0 Å². The van der Waals surface area contributed by atoms with Crippen LogP contribution in [0.15, 0.2) is 42.6 Å². The summed E-state index contributed by atoms with van der Waals surface area (Å²) in [6.07, 6.45) is 2.75. The Labute approximate surface area is 147 Å². The van der Waals surface area contributed by atoms with Crippen LogP contribution in [0.5, 0.6) is 5.75 Å². The number of nitrogens with zero attached hydrogens (tertiary/aromatic N) is 3. The monoisotopic (exact) mass is 343 g/mol.